The van der Waals surface area contributed by atoms with Crippen LogP contribution in [-0.2, 0) is 11.2 Å². The van der Waals surface area contributed by atoms with E-state index in [0.717, 1.165) is 23.5 Å². The van der Waals surface area contributed by atoms with Gasteiger partial charge in [0, 0.05) is 0 Å². The predicted molar refractivity (Wildman–Crippen MR) is 52.6 cm³/mol. The number of hydrogen-bond acceptors (Lipinski definition) is 1. The number of benzene rings is 1. The molecule has 0 radical (unpaired) electrons. The highest BCUT2D eigenvalue weighted by Gasteiger charge is 2.07. The molecule has 2 heteroatoms. The standard InChI is InChI=1S/C10H14OS/c1-2-3-9-12(11)10-7-5-4-6-8-10/h4-8H,2-3,9H2,1H3. The maximum atomic E-state index is 11.5. The van der Waals surface area contributed by atoms with E-state index in [1.165, 1.54) is 0 Å². The van der Waals surface area contributed by atoms with Gasteiger partial charge in [-0.05, 0) is 29.7 Å². The third-order valence-electron chi connectivity index (χ3n) is 1.69. The lowest BCUT2D eigenvalue weighted by Crippen LogP contribution is -2.05. The van der Waals surface area contributed by atoms with E-state index in [9.17, 15) is 4.55 Å². The molecule has 0 saturated heterocycles. The van der Waals surface area contributed by atoms with E-state index in [2.05, 4.69) is 6.92 Å². The van der Waals surface area contributed by atoms with Crippen LogP contribution in [0.2, 0.25) is 0 Å². The van der Waals surface area contributed by atoms with Gasteiger partial charge in [-0.15, -0.1) is 0 Å². The Morgan fingerprint density at radius 2 is 1.92 bits per heavy atom. The van der Waals surface area contributed by atoms with E-state index in [1.54, 1.807) is 0 Å². The summed E-state index contributed by atoms with van der Waals surface area (Å²) in [6.45, 7) is 2.11. The molecule has 0 saturated carbocycles. The van der Waals surface area contributed by atoms with Gasteiger partial charge in [0.1, 0.15) is 5.75 Å². The first-order valence-corrected chi connectivity index (χ1v) is 5.60. The lowest BCUT2D eigenvalue weighted by molar-refractivity contribution is 0.591. The fourth-order valence-electron chi connectivity index (χ4n) is 0.966. The number of hydrogen-bond donors (Lipinski definition) is 0. The molecule has 12 heavy (non-hydrogen) atoms. The van der Waals surface area contributed by atoms with Gasteiger partial charge in [-0.25, -0.2) is 0 Å². The van der Waals surface area contributed by atoms with Crippen LogP contribution in [0.1, 0.15) is 19.8 Å². The summed E-state index contributed by atoms with van der Waals surface area (Å²) >= 11 is -0.783. The van der Waals surface area contributed by atoms with Crippen molar-refractivity contribution in [2.24, 2.45) is 0 Å². The van der Waals surface area contributed by atoms with Crippen molar-refractivity contribution < 1.29 is 4.55 Å². The first-order chi connectivity index (χ1) is 5.84. The maximum Gasteiger partial charge on any atom is 0.152 e. The van der Waals surface area contributed by atoms with Crippen LogP contribution in [0.15, 0.2) is 35.2 Å². The molecule has 1 atom stereocenters. The lowest BCUT2D eigenvalue weighted by atomic mass is 10.4. The summed E-state index contributed by atoms with van der Waals surface area (Å²) in [4.78, 5) is 0.950. The highest BCUT2D eigenvalue weighted by Crippen LogP contribution is 2.11. The molecule has 0 aliphatic rings. The second kappa shape index (κ2) is 5.22. The maximum absolute atomic E-state index is 11.5. The molecule has 66 valence electrons. The van der Waals surface area contributed by atoms with Gasteiger partial charge >= 0.3 is 0 Å². The van der Waals surface area contributed by atoms with Crippen molar-refractivity contribution in [1.82, 2.24) is 0 Å². The van der Waals surface area contributed by atoms with Crippen LogP contribution in [0.4, 0.5) is 0 Å². The van der Waals surface area contributed by atoms with Crippen molar-refractivity contribution in [2.45, 2.75) is 24.7 Å². The molecule has 1 aromatic rings. The molecule has 0 heterocycles. The minimum Gasteiger partial charge on any atom is -0.611 e. The van der Waals surface area contributed by atoms with Gasteiger partial charge in [-0.3, -0.25) is 0 Å². The molecule has 0 aromatic heterocycles. The molecule has 0 fully saturated rings. The Kier molecular flexibility index (Phi) is 4.19. The Morgan fingerprint density at radius 1 is 1.25 bits per heavy atom. The zero-order valence-electron chi connectivity index (χ0n) is 7.32. The molecule has 1 aromatic carbocycles. The van der Waals surface area contributed by atoms with E-state index in [4.69, 9.17) is 0 Å². The van der Waals surface area contributed by atoms with Crippen molar-refractivity contribution in [1.29, 1.82) is 0 Å². The third kappa shape index (κ3) is 2.88. The molecule has 0 N–H and O–H groups in total. The van der Waals surface area contributed by atoms with Gasteiger partial charge in [0.15, 0.2) is 4.90 Å². The minimum atomic E-state index is -0.783. The number of rotatable bonds is 4. The molecule has 0 aliphatic heterocycles. The SMILES string of the molecule is CCCC[S+]([O-])c1ccccc1. The highest BCUT2D eigenvalue weighted by atomic mass is 32.2. The largest absolute Gasteiger partial charge is 0.611 e. The van der Waals surface area contributed by atoms with E-state index in [-0.39, 0.29) is 0 Å². The second-order valence-corrected chi connectivity index (χ2v) is 4.29. The Morgan fingerprint density at radius 3 is 2.50 bits per heavy atom. The zero-order chi connectivity index (χ0) is 8.81. The summed E-state index contributed by atoms with van der Waals surface area (Å²) in [7, 11) is 0. The normalized spacial score (nSPS) is 12.8. The van der Waals surface area contributed by atoms with E-state index >= 15 is 0 Å². The van der Waals surface area contributed by atoms with Crippen LogP contribution < -0.4 is 0 Å². The van der Waals surface area contributed by atoms with Crippen molar-refractivity contribution in [2.75, 3.05) is 5.75 Å². The topological polar surface area (TPSA) is 23.1 Å². The summed E-state index contributed by atoms with van der Waals surface area (Å²) in [6, 6.07) is 9.65. The first-order valence-electron chi connectivity index (χ1n) is 4.28. The molecule has 0 spiro atoms. The average molecular weight is 182 g/mol. The fraction of sp³-hybridized carbons (Fsp3) is 0.400. The van der Waals surface area contributed by atoms with Crippen LogP contribution in [0.3, 0.4) is 0 Å². The second-order valence-electron chi connectivity index (χ2n) is 2.72. The monoisotopic (exact) mass is 182 g/mol. The Balaban J connectivity index is 2.48. The van der Waals surface area contributed by atoms with Crippen LogP contribution >= 0.6 is 0 Å². The van der Waals surface area contributed by atoms with Crippen molar-refractivity contribution in [3.8, 4) is 0 Å². The predicted octanol–water partition coefficient (Wildman–Crippen LogP) is 2.59. The van der Waals surface area contributed by atoms with Crippen LogP contribution in [-0.4, -0.2) is 10.3 Å². The molecular weight excluding hydrogens is 168 g/mol. The van der Waals surface area contributed by atoms with Gasteiger partial charge in [0.25, 0.3) is 0 Å². The van der Waals surface area contributed by atoms with Crippen molar-refractivity contribution >= 4 is 11.2 Å². The molecule has 1 rings (SSSR count). The van der Waals surface area contributed by atoms with Crippen LogP contribution in [0, 0.1) is 0 Å². The molecule has 1 unspecified atom stereocenters. The van der Waals surface area contributed by atoms with Crippen molar-refractivity contribution in [3.05, 3.63) is 30.3 Å². The Bertz CT molecular complexity index is 210. The Labute approximate surface area is 77.0 Å². The fourth-order valence-corrected chi connectivity index (χ4v) is 2.21. The summed E-state index contributed by atoms with van der Waals surface area (Å²) < 4.78 is 11.5. The summed E-state index contributed by atoms with van der Waals surface area (Å²) in [5.74, 6) is 0.792. The first kappa shape index (κ1) is 9.62. The molecule has 0 bridgehead atoms. The van der Waals surface area contributed by atoms with Gasteiger partial charge < -0.3 is 4.55 Å². The molecule has 1 nitrogen and oxygen atoms in total. The summed E-state index contributed by atoms with van der Waals surface area (Å²) in [5.41, 5.74) is 0. The molecule has 0 amide bonds. The molecular formula is C10H14OS. The smallest absolute Gasteiger partial charge is 0.152 e. The van der Waals surface area contributed by atoms with E-state index < -0.39 is 11.2 Å². The summed E-state index contributed by atoms with van der Waals surface area (Å²) in [6.07, 6.45) is 2.15. The lowest BCUT2D eigenvalue weighted by Gasteiger charge is -2.08. The summed E-state index contributed by atoms with van der Waals surface area (Å²) in [5, 5.41) is 0. The van der Waals surface area contributed by atoms with E-state index in [1.807, 2.05) is 30.3 Å². The average Bonchev–Trinajstić information content (AvgIpc) is 2.15. The van der Waals surface area contributed by atoms with E-state index in [0.29, 0.717) is 0 Å². The quantitative estimate of drug-likeness (QED) is 0.656. The van der Waals surface area contributed by atoms with Gasteiger partial charge in [0.2, 0.25) is 0 Å². The number of unbranched alkanes of at least 4 members (excludes halogenated alkanes) is 1. The van der Waals surface area contributed by atoms with Gasteiger partial charge in [-0.2, -0.15) is 0 Å². The molecule has 0 aliphatic carbocycles. The highest BCUT2D eigenvalue weighted by molar-refractivity contribution is 7.91. The van der Waals surface area contributed by atoms with Crippen LogP contribution in [0.25, 0.3) is 0 Å². The van der Waals surface area contributed by atoms with Gasteiger partial charge in [-0.1, -0.05) is 31.5 Å². The Hall–Kier alpha value is -0.470. The van der Waals surface area contributed by atoms with Crippen molar-refractivity contribution in [3.63, 3.8) is 0 Å². The minimum absolute atomic E-state index is 0.783. The van der Waals surface area contributed by atoms with Gasteiger partial charge in [0.05, 0.1) is 0 Å². The third-order valence-corrected chi connectivity index (χ3v) is 3.15. The zero-order valence-corrected chi connectivity index (χ0v) is 8.14. The van der Waals surface area contributed by atoms with Crippen LogP contribution in [0.5, 0.6) is 0 Å².